The smallest absolute Gasteiger partial charge is 0.116 e. The summed E-state index contributed by atoms with van der Waals surface area (Å²) < 4.78 is 0. The van der Waals surface area contributed by atoms with Gasteiger partial charge in [0.1, 0.15) is 5.75 Å². The Morgan fingerprint density at radius 1 is 1.09 bits per heavy atom. The van der Waals surface area contributed by atoms with Crippen LogP contribution in [0.2, 0.25) is 0 Å². The van der Waals surface area contributed by atoms with Gasteiger partial charge in [-0.2, -0.15) is 0 Å². The monoisotopic (exact) mass is 466 g/mol. The third-order valence-corrected chi connectivity index (χ3v) is 9.18. The van der Waals surface area contributed by atoms with Crippen LogP contribution < -0.4 is 0 Å². The van der Waals surface area contributed by atoms with Gasteiger partial charge in [-0.25, -0.2) is 0 Å². The summed E-state index contributed by atoms with van der Waals surface area (Å²) in [5, 5.41) is 12.6. The Labute approximate surface area is 206 Å². The van der Waals surface area contributed by atoms with E-state index in [2.05, 4.69) is 63.7 Å². The molecule has 1 fully saturated rings. The standard InChI is InChI=1S/C30H34N4O/c1-3-18-16-34-17-25-24-15-21(35)8-9-27(24)31-28(25)14-20(34)12-19(18)13-29-30-23(10-11-33(29)2)22-6-4-5-7-26(22)32-30/h3-9,15,18-20,29,31-32,35H,1,10-14,16-17H2,2H3/t18-,19+,20-,29-/m0/s1. The molecule has 35 heavy (non-hydrogen) atoms. The number of fused-ring (bicyclic) bond motifs is 7. The first kappa shape index (κ1) is 21.3. The van der Waals surface area contributed by atoms with Crippen LogP contribution in [-0.2, 0) is 19.4 Å². The second-order valence-electron chi connectivity index (χ2n) is 11.0. The van der Waals surface area contributed by atoms with Crippen LogP contribution in [0.4, 0.5) is 0 Å². The fourth-order valence-electron chi connectivity index (χ4n) is 7.29. The maximum Gasteiger partial charge on any atom is 0.116 e. The summed E-state index contributed by atoms with van der Waals surface area (Å²) >= 11 is 0. The largest absolute Gasteiger partial charge is 0.508 e. The molecule has 3 aliphatic rings. The number of nitrogens with one attached hydrogen (secondary N) is 2. The Bertz CT molecular complexity index is 1430. The van der Waals surface area contributed by atoms with Gasteiger partial charge < -0.3 is 15.1 Å². The summed E-state index contributed by atoms with van der Waals surface area (Å²) in [5.41, 5.74) is 8.10. The molecule has 2 aromatic heterocycles. The van der Waals surface area contributed by atoms with Gasteiger partial charge in [-0.3, -0.25) is 9.80 Å². The maximum absolute atomic E-state index is 10.0. The molecule has 3 N–H and O–H groups in total. The Kier molecular flexibility index (Phi) is 4.87. The lowest BCUT2D eigenvalue weighted by Crippen LogP contribution is -2.50. The van der Waals surface area contributed by atoms with Gasteiger partial charge in [0, 0.05) is 65.3 Å². The van der Waals surface area contributed by atoms with E-state index in [9.17, 15) is 5.11 Å². The minimum Gasteiger partial charge on any atom is -0.508 e. The number of benzene rings is 2. The zero-order chi connectivity index (χ0) is 23.7. The Morgan fingerprint density at radius 3 is 2.83 bits per heavy atom. The average molecular weight is 467 g/mol. The van der Waals surface area contributed by atoms with E-state index in [1.54, 1.807) is 6.07 Å². The molecule has 0 unspecified atom stereocenters. The van der Waals surface area contributed by atoms with E-state index in [4.69, 9.17) is 0 Å². The highest BCUT2D eigenvalue weighted by atomic mass is 16.3. The van der Waals surface area contributed by atoms with Crippen molar-refractivity contribution in [2.45, 2.75) is 44.3 Å². The Balaban J connectivity index is 1.18. The lowest BCUT2D eigenvalue weighted by molar-refractivity contribution is 0.0471. The molecule has 5 heteroatoms. The number of H-pyrrole nitrogens is 2. The zero-order valence-electron chi connectivity index (χ0n) is 20.4. The van der Waals surface area contributed by atoms with Gasteiger partial charge >= 0.3 is 0 Å². The molecule has 0 spiro atoms. The summed E-state index contributed by atoms with van der Waals surface area (Å²) in [7, 11) is 2.30. The number of aromatic hydroxyl groups is 1. The number of phenolic OH excluding ortho intramolecular Hbond substituents is 1. The van der Waals surface area contributed by atoms with E-state index < -0.39 is 0 Å². The van der Waals surface area contributed by atoms with Crippen LogP contribution in [0.15, 0.2) is 55.1 Å². The number of hydrogen-bond donors (Lipinski definition) is 3. The quantitative estimate of drug-likeness (QED) is 0.348. The van der Waals surface area contributed by atoms with Crippen LogP contribution in [0.1, 0.15) is 41.4 Å². The molecule has 0 saturated carbocycles. The molecule has 0 amide bonds. The first-order valence-corrected chi connectivity index (χ1v) is 13.1. The number of rotatable bonds is 3. The average Bonchev–Trinajstić information content (AvgIpc) is 3.41. The van der Waals surface area contributed by atoms with Crippen LogP contribution in [0, 0.1) is 11.8 Å². The molecule has 0 radical (unpaired) electrons. The topological polar surface area (TPSA) is 58.3 Å². The van der Waals surface area contributed by atoms with E-state index in [1.165, 1.54) is 51.6 Å². The molecule has 5 nitrogen and oxygen atoms in total. The lowest BCUT2D eigenvalue weighted by atomic mass is 9.74. The van der Waals surface area contributed by atoms with Crippen molar-refractivity contribution in [2.24, 2.45) is 11.8 Å². The Hall–Kier alpha value is -3.02. The minimum atomic E-state index is 0.344. The number of aromatic amines is 2. The normalized spacial score (nSPS) is 27.0. The first-order chi connectivity index (χ1) is 17.1. The number of phenols is 1. The first-order valence-electron chi connectivity index (χ1n) is 13.1. The SMILES string of the molecule is C=C[C@H]1CN2Cc3c([nH]c4ccc(O)cc34)C[C@@H]2C[C@@H]1C[C@H]1c2[nH]c3ccccc3c2CCN1C. The predicted octanol–water partition coefficient (Wildman–Crippen LogP) is 5.52. The summed E-state index contributed by atoms with van der Waals surface area (Å²) in [5.74, 6) is 1.46. The third-order valence-electron chi connectivity index (χ3n) is 9.18. The van der Waals surface area contributed by atoms with Crippen molar-refractivity contribution in [3.8, 4) is 5.75 Å². The second kappa shape index (κ2) is 8.00. The summed E-state index contributed by atoms with van der Waals surface area (Å²) in [6, 6.07) is 15.5. The molecule has 180 valence electrons. The van der Waals surface area contributed by atoms with E-state index in [0.29, 0.717) is 29.7 Å². The van der Waals surface area contributed by atoms with E-state index in [1.807, 2.05) is 12.1 Å². The van der Waals surface area contributed by atoms with Crippen LogP contribution >= 0.6 is 0 Å². The number of piperidine rings is 1. The molecule has 7 rings (SSSR count). The van der Waals surface area contributed by atoms with Crippen LogP contribution in [0.5, 0.6) is 5.75 Å². The van der Waals surface area contributed by atoms with Gasteiger partial charge in [0.25, 0.3) is 0 Å². The maximum atomic E-state index is 10.0. The number of para-hydroxylation sites is 1. The van der Waals surface area contributed by atoms with Crippen LogP contribution in [-0.4, -0.2) is 51.1 Å². The lowest BCUT2D eigenvalue weighted by Gasteiger charge is -2.47. The van der Waals surface area contributed by atoms with Crippen molar-refractivity contribution in [2.75, 3.05) is 20.1 Å². The number of hydrogen-bond acceptors (Lipinski definition) is 3. The van der Waals surface area contributed by atoms with Crippen molar-refractivity contribution >= 4 is 21.8 Å². The van der Waals surface area contributed by atoms with E-state index in [0.717, 1.165) is 38.0 Å². The molecule has 1 saturated heterocycles. The third kappa shape index (κ3) is 3.36. The molecule has 4 aromatic rings. The number of likely N-dealkylation sites (N-methyl/N-ethyl adjacent to an activating group) is 1. The number of nitrogens with zero attached hydrogens (tertiary/aromatic N) is 2. The fraction of sp³-hybridized carbons (Fsp3) is 0.400. The predicted molar refractivity (Wildman–Crippen MR) is 142 cm³/mol. The van der Waals surface area contributed by atoms with Crippen molar-refractivity contribution in [1.29, 1.82) is 0 Å². The summed E-state index contributed by atoms with van der Waals surface area (Å²) in [6.07, 6.45) is 6.77. The van der Waals surface area contributed by atoms with Gasteiger partial charge in [0.2, 0.25) is 0 Å². The van der Waals surface area contributed by atoms with Gasteiger partial charge in [0.15, 0.2) is 0 Å². The summed E-state index contributed by atoms with van der Waals surface area (Å²) in [6.45, 7) is 7.41. The van der Waals surface area contributed by atoms with Gasteiger partial charge in [-0.1, -0.05) is 24.3 Å². The Morgan fingerprint density at radius 2 is 1.94 bits per heavy atom. The fourth-order valence-corrected chi connectivity index (χ4v) is 7.29. The molecule has 3 aliphatic heterocycles. The summed E-state index contributed by atoms with van der Waals surface area (Å²) in [4.78, 5) is 12.7. The molecular formula is C30H34N4O. The van der Waals surface area contributed by atoms with Gasteiger partial charge in [-0.15, -0.1) is 6.58 Å². The van der Waals surface area contributed by atoms with Gasteiger partial charge in [0.05, 0.1) is 6.04 Å². The van der Waals surface area contributed by atoms with Gasteiger partial charge in [-0.05, 0) is 73.5 Å². The molecule has 4 atom stereocenters. The highest BCUT2D eigenvalue weighted by Gasteiger charge is 2.40. The molecule has 0 bridgehead atoms. The van der Waals surface area contributed by atoms with Crippen molar-refractivity contribution in [3.63, 3.8) is 0 Å². The van der Waals surface area contributed by atoms with E-state index in [-0.39, 0.29) is 0 Å². The number of aromatic nitrogens is 2. The van der Waals surface area contributed by atoms with Crippen molar-refractivity contribution < 1.29 is 5.11 Å². The van der Waals surface area contributed by atoms with Crippen LogP contribution in [0.25, 0.3) is 21.8 Å². The molecule has 5 heterocycles. The highest BCUT2D eigenvalue weighted by Crippen LogP contribution is 2.44. The van der Waals surface area contributed by atoms with Crippen molar-refractivity contribution in [1.82, 2.24) is 19.8 Å². The molecule has 0 aliphatic carbocycles. The van der Waals surface area contributed by atoms with Crippen LogP contribution in [0.3, 0.4) is 0 Å². The zero-order valence-corrected chi connectivity index (χ0v) is 20.4. The minimum absolute atomic E-state index is 0.344. The highest BCUT2D eigenvalue weighted by molar-refractivity contribution is 5.86. The second-order valence-corrected chi connectivity index (χ2v) is 11.0. The van der Waals surface area contributed by atoms with E-state index >= 15 is 0 Å². The van der Waals surface area contributed by atoms with Crippen molar-refractivity contribution in [3.05, 3.63) is 77.6 Å². The molecule has 2 aromatic carbocycles. The molecular weight excluding hydrogens is 432 g/mol.